The van der Waals surface area contributed by atoms with Crippen LogP contribution in [0.15, 0.2) is 35.4 Å². The molecule has 0 spiro atoms. The number of alkyl halides is 3. The molecule has 0 bridgehead atoms. The SMILES string of the molecule is C[C@@H](Nc1ncnc2c1cc(C1(F)CCS(=O)(=O)CC1)c(=O)n2C)c1cccc(C(F)F)c1F. The van der Waals surface area contributed by atoms with Gasteiger partial charge < -0.3 is 5.32 Å². The van der Waals surface area contributed by atoms with E-state index in [0.717, 1.165) is 10.6 Å². The second kappa shape index (κ2) is 8.64. The Morgan fingerprint density at radius 1 is 1.15 bits per heavy atom. The number of hydrogen-bond acceptors (Lipinski definition) is 6. The second-order valence-corrected chi connectivity index (χ2v) is 10.7. The molecule has 0 amide bonds. The summed E-state index contributed by atoms with van der Waals surface area (Å²) in [7, 11) is -1.96. The molecule has 0 aliphatic carbocycles. The van der Waals surface area contributed by atoms with Crippen LogP contribution in [-0.4, -0.2) is 34.5 Å². The van der Waals surface area contributed by atoms with Gasteiger partial charge in [-0.1, -0.05) is 18.2 Å². The summed E-state index contributed by atoms with van der Waals surface area (Å²) < 4.78 is 81.3. The summed E-state index contributed by atoms with van der Waals surface area (Å²) in [6, 6.07) is 4.17. The standard InChI is InChI=1S/C22H22F4N4O3S/c1-12(13-4-3-5-14(17(13)23)18(24)25)29-19-15-10-16(21(31)30(2)20(15)28-11-27-19)22(26)6-8-34(32,33)9-7-22/h3-5,10-12,18H,6-9H2,1-2H3,(H,27,28,29)/t12-/m1/s1. The molecule has 3 heterocycles. The molecular weight excluding hydrogens is 476 g/mol. The molecule has 1 saturated heterocycles. The number of aromatic nitrogens is 3. The van der Waals surface area contributed by atoms with Gasteiger partial charge in [-0.15, -0.1) is 0 Å². The summed E-state index contributed by atoms with van der Waals surface area (Å²) in [5.74, 6) is -1.66. The van der Waals surface area contributed by atoms with E-state index >= 15 is 4.39 Å². The van der Waals surface area contributed by atoms with Gasteiger partial charge >= 0.3 is 0 Å². The first-order valence-corrected chi connectivity index (χ1v) is 12.3. The highest BCUT2D eigenvalue weighted by molar-refractivity contribution is 7.91. The lowest BCUT2D eigenvalue weighted by Crippen LogP contribution is -2.39. The zero-order valence-electron chi connectivity index (χ0n) is 18.4. The lowest BCUT2D eigenvalue weighted by Gasteiger charge is -2.29. The van der Waals surface area contributed by atoms with Gasteiger partial charge in [0, 0.05) is 12.6 Å². The van der Waals surface area contributed by atoms with Crippen molar-refractivity contribution in [1.82, 2.24) is 14.5 Å². The number of rotatable bonds is 5. The first kappa shape index (κ1) is 24.1. The Balaban J connectivity index is 1.78. The van der Waals surface area contributed by atoms with Crippen molar-refractivity contribution in [2.24, 2.45) is 7.05 Å². The van der Waals surface area contributed by atoms with Gasteiger partial charge in [0.2, 0.25) is 0 Å². The van der Waals surface area contributed by atoms with Crippen molar-refractivity contribution >= 4 is 26.7 Å². The van der Waals surface area contributed by atoms with Crippen molar-refractivity contribution in [1.29, 1.82) is 0 Å². The van der Waals surface area contributed by atoms with E-state index < -0.39 is 44.9 Å². The number of anilines is 1. The minimum atomic E-state index is -3.37. The van der Waals surface area contributed by atoms with Gasteiger partial charge in [-0.2, -0.15) is 0 Å². The van der Waals surface area contributed by atoms with Crippen molar-refractivity contribution in [2.45, 2.75) is 37.9 Å². The Labute approximate surface area is 192 Å². The number of pyridine rings is 1. The minimum Gasteiger partial charge on any atom is -0.363 e. The average molecular weight is 499 g/mol. The van der Waals surface area contributed by atoms with E-state index in [1.807, 2.05) is 0 Å². The molecule has 4 rings (SSSR count). The molecule has 1 atom stereocenters. The molecule has 1 aliphatic heterocycles. The zero-order valence-corrected chi connectivity index (χ0v) is 19.2. The monoisotopic (exact) mass is 498 g/mol. The van der Waals surface area contributed by atoms with Crippen LogP contribution in [0.2, 0.25) is 0 Å². The first-order valence-electron chi connectivity index (χ1n) is 10.5. The normalized spacial score (nSPS) is 18.2. The van der Waals surface area contributed by atoms with Gasteiger partial charge in [0.15, 0.2) is 9.84 Å². The molecule has 7 nitrogen and oxygen atoms in total. The van der Waals surface area contributed by atoms with Crippen molar-refractivity contribution in [3.05, 3.63) is 63.5 Å². The topological polar surface area (TPSA) is 94.0 Å². The Kier molecular flexibility index (Phi) is 6.13. The molecule has 0 radical (unpaired) electrons. The number of nitrogens with zero attached hydrogens (tertiary/aromatic N) is 3. The Hall–Kier alpha value is -3.02. The van der Waals surface area contributed by atoms with E-state index in [1.165, 1.54) is 31.6 Å². The first-order chi connectivity index (χ1) is 15.9. The predicted octanol–water partition coefficient (Wildman–Crippen LogP) is 3.95. The molecule has 3 aromatic rings. The van der Waals surface area contributed by atoms with E-state index in [1.54, 1.807) is 6.92 Å². The summed E-state index contributed by atoms with van der Waals surface area (Å²) in [4.78, 5) is 21.1. The highest BCUT2D eigenvalue weighted by Gasteiger charge is 2.41. The van der Waals surface area contributed by atoms with Gasteiger partial charge in [-0.05, 0) is 25.8 Å². The van der Waals surface area contributed by atoms with E-state index in [-0.39, 0.29) is 52.3 Å². The number of benzene rings is 1. The van der Waals surface area contributed by atoms with E-state index in [4.69, 9.17) is 0 Å². The molecule has 34 heavy (non-hydrogen) atoms. The van der Waals surface area contributed by atoms with Crippen LogP contribution in [0.4, 0.5) is 23.4 Å². The lowest BCUT2D eigenvalue weighted by molar-refractivity contribution is 0.145. The van der Waals surface area contributed by atoms with Crippen molar-refractivity contribution < 1.29 is 26.0 Å². The van der Waals surface area contributed by atoms with Gasteiger partial charge in [0.05, 0.1) is 34.1 Å². The van der Waals surface area contributed by atoms with Gasteiger partial charge in [-0.3, -0.25) is 9.36 Å². The number of fused-ring (bicyclic) bond motifs is 1. The third-order valence-electron chi connectivity index (χ3n) is 6.22. The van der Waals surface area contributed by atoms with Gasteiger partial charge in [0.1, 0.15) is 29.3 Å². The third-order valence-corrected chi connectivity index (χ3v) is 7.87. The van der Waals surface area contributed by atoms with Crippen LogP contribution in [0.3, 0.4) is 0 Å². The van der Waals surface area contributed by atoms with Gasteiger partial charge in [-0.25, -0.2) is 35.9 Å². The fourth-order valence-electron chi connectivity index (χ4n) is 4.19. The quantitative estimate of drug-likeness (QED) is 0.536. The number of hydrogen-bond donors (Lipinski definition) is 1. The molecule has 182 valence electrons. The molecule has 1 aromatic carbocycles. The predicted molar refractivity (Wildman–Crippen MR) is 119 cm³/mol. The summed E-state index contributed by atoms with van der Waals surface area (Å²) in [6.45, 7) is 1.55. The fourth-order valence-corrected chi connectivity index (χ4v) is 5.66. The molecule has 2 aromatic heterocycles. The Bertz CT molecular complexity index is 1410. The van der Waals surface area contributed by atoms with Crippen LogP contribution in [0, 0.1) is 5.82 Å². The molecular formula is C22H22F4N4O3S. The van der Waals surface area contributed by atoms with E-state index in [9.17, 15) is 26.4 Å². The Morgan fingerprint density at radius 3 is 2.44 bits per heavy atom. The van der Waals surface area contributed by atoms with E-state index in [0.29, 0.717) is 0 Å². The Morgan fingerprint density at radius 2 is 1.79 bits per heavy atom. The minimum absolute atomic E-state index is 0.0194. The summed E-state index contributed by atoms with van der Waals surface area (Å²) in [5, 5.41) is 3.19. The van der Waals surface area contributed by atoms with Gasteiger partial charge in [0.25, 0.3) is 12.0 Å². The smallest absolute Gasteiger partial charge is 0.266 e. The van der Waals surface area contributed by atoms with Crippen LogP contribution < -0.4 is 10.9 Å². The van der Waals surface area contributed by atoms with E-state index in [2.05, 4.69) is 15.3 Å². The molecule has 1 fully saturated rings. The molecule has 0 unspecified atom stereocenters. The second-order valence-electron chi connectivity index (χ2n) is 8.42. The number of nitrogens with one attached hydrogen (secondary N) is 1. The fraction of sp³-hybridized carbons (Fsp3) is 0.409. The third kappa shape index (κ3) is 4.26. The highest BCUT2D eigenvalue weighted by atomic mass is 32.2. The van der Waals surface area contributed by atoms with Crippen LogP contribution in [-0.2, 0) is 22.6 Å². The van der Waals surface area contributed by atoms with Crippen LogP contribution in [0.25, 0.3) is 11.0 Å². The average Bonchev–Trinajstić information content (AvgIpc) is 2.78. The number of sulfone groups is 1. The van der Waals surface area contributed by atoms with Crippen LogP contribution in [0.5, 0.6) is 0 Å². The lowest BCUT2D eigenvalue weighted by atomic mass is 9.90. The van der Waals surface area contributed by atoms with Crippen molar-refractivity contribution in [3.63, 3.8) is 0 Å². The largest absolute Gasteiger partial charge is 0.363 e. The maximum atomic E-state index is 15.8. The zero-order chi connectivity index (χ0) is 24.8. The maximum Gasteiger partial charge on any atom is 0.266 e. The number of aryl methyl sites for hydroxylation is 1. The molecule has 12 heteroatoms. The molecule has 0 saturated carbocycles. The van der Waals surface area contributed by atoms with Crippen molar-refractivity contribution in [3.8, 4) is 0 Å². The highest BCUT2D eigenvalue weighted by Crippen LogP contribution is 2.38. The maximum absolute atomic E-state index is 15.8. The summed E-state index contributed by atoms with van der Waals surface area (Å²) >= 11 is 0. The van der Waals surface area contributed by atoms with Crippen LogP contribution in [0.1, 0.15) is 48.9 Å². The van der Waals surface area contributed by atoms with Crippen LogP contribution >= 0.6 is 0 Å². The summed E-state index contributed by atoms with van der Waals surface area (Å²) in [5.41, 5.74) is -3.59. The molecule has 1 aliphatic rings. The van der Waals surface area contributed by atoms with Crippen molar-refractivity contribution in [2.75, 3.05) is 16.8 Å². The number of halogens is 4. The molecule has 1 N–H and O–H groups in total. The summed E-state index contributed by atoms with van der Waals surface area (Å²) in [6.07, 6.45) is -2.52.